The van der Waals surface area contributed by atoms with Crippen LogP contribution in [-0.2, 0) is 13.0 Å². The minimum atomic E-state index is -2.62. The van der Waals surface area contributed by atoms with Crippen molar-refractivity contribution < 1.29 is 17.6 Å². The van der Waals surface area contributed by atoms with Crippen LogP contribution in [0.4, 0.5) is 29.3 Å². The van der Waals surface area contributed by atoms with Gasteiger partial charge in [0.25, 0.3) is 6.43 Å². The summed E-state index contributed by atoms with van der Waals surface area (Å²) >= 11 is 0. The van der Waals surface area contributed by atoms with Crippen LogP contribution in [0.3, 0.4) is 0 Å². The minimum absolute atomic E-state index is 0.00689. The van der Waals surface area contributed by atoms with E-state index in [0.717, 1.165) is 44.0 Å². The van der Waals surface area contributed by atoms with Crippen LogP contribution in [0.25, 0.3) is 22.3 Å². The van der Waals surface area contributed by atoms with Gasteiger partial charge in [-0.2, -0.15) is 0 Å². The Morgan fingerprint density at radius 3 is 2.36 bits per heavy atom. The highest BCUT2D eigenvalue weighted by atomic mass is 19.3. The van der Waals surface area contributed by atoms with E-state index in [-0.39, 0.29) is 34.7 Å². The predicted molar refractivity (Wildman–Crippen MR) is 160 cm³/mol. The highest BCUT2D eigenvalue weighted by Crippen LogP contribution is 2.41. The average Bonchev–Trinajstić information content (AvgIpc) is 3.61. The van der Waals surface area contributed by atoms with Gasteiger partial charge in [-0.25, -0.2) is 37.5 Å². The quantitative estimate of drug-likeness (QED) is 0.245. The Labute approximate surface area is 253 Å². The first kappa shape index (κ1) is 29.1. The van der Waals surface area contributed by atoms with Crippen LogP contribution in [0.15, 0.2) is 36.7 Å². The van der Waals surface area contributed by atoms with E-state index in [1.54, 1.807) is 0 Å². The molecular formula is C32H36F4N8. The Hall–Kier alpha value is -3.64. The minimum Gasteiger partial charge on any atom is -0.319 e. The summed E-state index contributed by atoms with van der Waals surface area (Å²) in [5.74, 6) is -0.507. The third-order valence-corrected chi connectivity index (χ3v) is 9.88. The van der Waals surface area contributed by atoms with Crippen molar-refractivity contribution in [1.29, 1.82) is 0 Å². The van der Waals surface area contributed by atoms with Crippen LogP contribution in [0.1, 0.15) is 56.5 Å². The molecule has 7 rings (SSSR count). The molecule has 0 aliphatic carbocycles. The maximum absolute atomic E-state index is 15.1. The van der Waals surface area contributed by atoms with Gasteiger partial charge in [-0.15, -0.1) is 0 Å². The van der Waals surface area contributed by atoms with Crippen LogP contribution < -0.4 is 5.32 Å². The van der Waals surface area contributed by atoms with E-state index in [1.807, 2.05) is 18.3 Å². The number of aryl methyl sites for hydroxylation is 1. The average molecular weight is 609 g/mol. The monoisotopic (exact) mass is 608 g/mol. The lowest BCUT2D eigenvalue weighted by molar-refractivity contribution is 0.0340. The standard InChI is InChI=1S/C32H36F4N8/c1-2-42-11-7-32(8-12-42)9-13-43(14-10-32)19-20-3-5-26(37-17-20)39-31-38-18-23(34)28(41-31)21-15-22(33)29-25(16-21)44-24(30(35)36)4-6-27(44)40-29/h3,5,15-18,24,30H,2,4,6-14,19H2,1H3,(H,37,38,39,41). The maximum atomic E-state index is 15.1. The second kappa shape index (κ2) is 11.7. The van der Waals surface area contributed by atoms with E-state index in [2.05, 4.69) is 42.0 Å². The van der Waals surface area contributed by atoms with Gasteiger partial charge < -0.3 is 14.8 Å². The van der Waals surface area contributed by atoms with E-state index in [1.165, 1.54) is 49.4 Å². The Balaban J connectivity index is 1.03. The van der Waals surface area contributed by atoms with Gasteiger partial charge in [0.05, 0.1) is 17.8 Å². The Morgan fingerprint density at radius 2 is 1.68 bits per heavy atom. The van der Waals surface area contributed by atoms with E-state index in [0.29, 0.717) is 23.5 Å². The van der Waals surface area contributed by atoms with Crippen LogP contribution in [0, 0.1) is 17.0 Å². The predicted octanol–water partition coefficient (Wildman–Crippen LogP) is 6.36. The number of hydrogen-bond acceptors (Lipinski definition) is 7. The topological polar surface area (TPSA) is 75.0 Å². The summed E-state index contributed by atoms with van der Waals surface area (Å²) in [6, 6.07) is 5.34. The molecule has 12 heteroatoms. The fourth-order valence-electron chi connectivity index (χ4n) is 7.15. The first-order valence-corrected chi connectivity index (χ1v) is 15.5. The number of fused-ring (bicyclic) bond motifs is 3. The molecule has 1 spiro atoms. The lowest BCUT2D eigenvalue weighted by Gasteiger charge is -2.46. The molecule has 8 nitrogen and oxygen atoms in total. The summed E-state index contributed by atoms with van der Waals surface area (Å²) in [6.45, 7) is 8.84. The van der Waals surface area contributed by atoms with Gasteiger partial charge in [0.2, 0.25) is 5.95 Å². The highest BCUT2D eigenvalue weighted by molar-refractivity contribution is 5.83. The van der Waals surface area contributed by atoms with Crippen molar-refractivity contribution in [2.45, 2.75) is 64.5 Å². The van der Waals surface area contributed by atoms with E-state index >= 15 is 4.39 Å². The van der Waals surface area contributed by atoms with Gasteiger partial charge in [-0.3, -0.25) is 4.90 Å². The van der Waals surface area contributed by atoms with Gasteiger partial charge in [0.15, 0.2) is 11.6 Å². The van der Waals surface area contributed by atoms with E-state index < -0.39 is 24.1 Å². The van der Waals surface area contributed by atoms with E-state index in [4.69, 9.17) is 0 Å². The molecule has 44 heavy (non-hydrogen) atoms. The SMILES string of the molecule is CCN1CCC2(CC1)CCN(Cc1ccc(Nc3ncc(F)c(-c4cc(F)c5nc6n(c5c4)C(C(F)F)CC6)n3)nc1)CC2. The molecular weight excluding hydrogens is 572 g/mol. The Kier molecular flexibility index (Phi) is 7.74. The second-order valence-corrected chi connectivity index (χ2v) is 12.4. The molecule has 1 unspecified atom stereocenters. The molecule has 2 saturated heterocycles. The fraction of sp³-hybridized carbons (Fsp3) is 0.500. The van der Waals surface area contributed by atoms with Crippen molar-refractivity contribution >= 4 is 22.8 Å². The number of aromatic nitrogens is 5. The van der Waals surface area contributed by atoms with Gasteiger partial charge in [0, 0.05) is 24.7 Å². The molecule has 1 atom stereocenters. The molecule has 3 aliphatic rings. The molecule has 1 aromatic carbocycles. The van der Waals surface area contributed by atoms with Gasteiger partial charge in [0.1, 0.15) is 22.9 Å². The number of alkyl halides is 2. The number of imidazole rings is 1. The summed E-state index contributed by atoms with van der Waals surface area (Å²) in [6.07, 6.45) is 5.85. The smallest absolute Gasteiger partial charge is 0.259 e. The number of nitrogens with one attached hydrogen (secondary N) is 1. The first-order chi connectivity index (χ1) is 21.3. The third-order valence-electron chi connectivity index (χ3n) is 9.88. The van der Waals surface area contributed by atoms with Crippen LogP contribution >= 0.6 is 0 Å². The molecule has 0 bridgehead atoms. The number of anilines is 2. The zero-order chi connectivity index (χ0) is 30.4. The van der Waals surface area contributed by atoms with Gasteiger partial charge >= 0.3 is 0 Å². The third kappa shape index (κ3) is 5.53. The summed E-state index contributed by atoms with van der Waals surface area (Å²) in [5, 5.41) is 3.00. The van der Waals surface area contributed by atoms with Crippen molar-refractivity contribution in [3.63, 3.8) is 0 Å². The number of pyridine rings is 1. The van der Waals surface area contributed by atoms with Crippen LogP contribution in [0.2, 0.25) is 0 Å². The number of benzene rings is 1. The number of nitrogens with zero attached hydrogens (tertiary/aromatic N) is 7. The largest absolute Gasteiger partial charge is 0.319 e. The normalized spacial score (nSPS) is 20.5. The Bertz CT molecular complexity index is 1640. The number of piperidine rings is 2. The molecule has 232 valence electrons. The zero-order valence-electron chi connectivity index (χ0n) is 24.7. The highest BCUT2D eigenvalue weighted by Gasteiger charge is 2.37. The molecule has 3 aromatic heterocycles. The lowest BCUT2D eigenvalue weighted by Crippen LogP contribution is -2.46. The number of hydrogen-bond donors (Lipinski definition) is 1. The van der Waals surface area contributed by atoms with Crippen molar-refractivity contribution in [3.8, 4) is 11.3 Å². The molecule has 2 fully saturated rings. The van der Waals surface area contributed by atoms with Crippen molar-refractivity contribution in [2.75, 3.05) is 38.0 Å². The molecule has 6 heterocycles. The van der Waals surface area contributed by atoms with Crippen LogP contribution in [0.5, 0.6) is 0 Å². The zero-order valence-corrected chi connectivity index (χ0v) is 24.7. The van der Waals surface area contributed by atoms with E-state index in [9.17, 15) is 13.2 Å². The van der Waals surface area contributed by atoms with Crippen molar-refractivity contribution in [2.24, 2.45) is 5.41 Å². The number of rotatable bonds is 7. The van der Waals surface area contributed by atoms with Crippen molar-refractivity contribution in [3.05, 3.63) is 59.7 Å². The van der Waals surface area contributed by atoms with Crippen molar-refractivity contribution in [1.82, 2.24) is 34.3 Å². The molecule has 3 aliphatic heterocycles. The summed E-state index contributed by atoms with van der Waals surface area (Å²) in [7, 11) is 0. The Morgan fingerprint density at radius 1 is 0.932 bits per heavy atom. The first-order valence-electron chi connectivity index (χ1n) is 15.5. The molecule has 0 saturated carbocycles. The fourth-order valence-corrected chi connectivity index (χ4v) is 7.15. The van der Waals surface area contributed by atoms with Crippen LogP contribution in [-0.4, -0.2) is 73.5 Å². The molecule has 4 aromatic rings. The molecule has 1 N–H and O–H groups in total. The second-order valence-electron chi connectivity index (χ2n) is 12.4. The van der Waals surface area contributed by atoms with Gasteiger partial charge in [-0.05, 0) is 94.0 Å². The molecule has 0 amide bonds. The molecule has 0 radical (unpaired) electrons. The number of likely N-dealkylation sites (tertiary alicyclic amines) is 2. The summed E-state index contributed by atoms with van der Waals surface area (Å²) < 4.78 is 58.7. The maximum Gasteiger partial charge on any atom is 0.259 e. The lowest BCUT2D eigenvalue weighted by atomic mass is 9.71. The summed E-state index contributed by atoms with van der Waals surface area (Å²) in [4.78, 5) is 22.1. The summed E-state index contributed by atoms with van der Waals surface area (Å²) in [5.41, 5.74) is 1.77. The van der Waals surface area contributed by atoms with Gasteiger partial charge in [-0.1, -0.05) is 13.0 Å². The number of halogens is 4.